The maximum atomic E-state index is 12.2. The number of nitrogens with two attached hydrogens (primary N) is 1. The Morgan fingerprint density at radius 1 is 1.46 bits per heavy atom. The minimum Gasteiger partial charge on any atom is -0.375 e. The third kappa shape index (κ3) is 4.81. The monoisotopic (exact) mass is 376 g/mol. The normalized spacial score (nSPS) is 21.7. The molecule has 0 unspecified atom stereocenters. The van der Waals surface area contributed by atoms with Gasteiger partial charge in [0.1, 0.15) is 0 Å². The second-order valence-corrected chi connectivity index (χ2v) is 7.58. The maximum absolute atomic E-state index is 12.2. The molecule has 8 nitrogen and oxygen atoms in total. The van der Waals surface area contributed by atoms with Crippen molar-refractivity contribution in [2.45, 2.75) is 24.0 Å². The summed E-state index contributed by atoms with van der Waals surface area (Å²) in [7, 11) is -1.94. The van der Waals surface area contributed by atoms with Gasteiger partial charge in [-0.3, -0.25) is 0 Å². The highest BCUT2D eigenvalue weighted by Crippen LogP contribution is 2.24. The first-order valence-electron chi connectivity index (χ1n) is 7.40. The summed E-state index contributed by atoms with van der Waals surface area (Å²) >= 11 is 6.00. The number of nitrogens with zero attached hydrogens (tertiary/aromatic N) is 1. The van der Waals surface area contributed by atoms with Crippen LogP contribution >= 0.6 is 11.6 Å². The fourth-order valence-electron chi connectivity index (χ4n) is 2.59. The van der Waals surface area contributed by atoms with Gasteiger partial charge in [0.15, 0.2) is 0 Å². The van der Waals surface area contributed by atoms with Gasteiger partial charge in [-0.2, -0.15) is 0 Å². The predicted molar refractivity (Wildman–Crippen MR) is 91.7 cm³/mol. The van der Waals surface area contributed by atoms with E-state index in [1.807, 2.05) is 14.0 Å². The topological polar surface area (TPSA) is 114 Å². The number of carbonyl (C=O) groups is 1. The zero-order valence-electron chi connectivity index (χ0n) is 13.5. The third-order valence-corrected chi connectivity index (χ3v) is 4.90. The number of anilines is 1. The summed E-state index contributed by atoms with van der Waals surface area (Å²) in [5.41, 5.74) is 0.167. The molecule has 1 saturated heterocycles. The highest BCUT2D eigenvalue weighted by Gasteiger charge is 2.32. The minimum atomic E-state index is -3.88. The summed E-state index contributed by atoms with van der Waals surface area (Å²) in [6, 6.07) is 3.20. The Morgan fingerprint density at radius 3 is 2.79 bits per heavy atom. The molecule has 2 amide bonds. The van der Waals surface area contributed by atoms with E-state index in [1.54, 1.807) is 0 Å². The number of amides is 2. The number of ether oxygens (including phenoxy) is 1. The number of sulfonamides is 1. The molecule has 2 atom stereocenters. The minimum absolute atomic E-state index is 0.100. The predicted octanol–water partition coefficient (Wildman–Crippen LogP) is 0.828. The van der Waals surface area contributed by atoms with Crippen LogP contribution in [0.25, 0.3) is 0 Å². The number of hydrogen-bond donors (Lipinski definition) is 3. The fourth-order valence-corrected chi connectivity index (χ4v) is 3.29. The van der Waals surface area contributed by atoms with Crippen LogP contribution in [0.3, 0.4) is 0 Å². The van der Waals surface area contributed by atoms with Crippen LogP contribution in [0.4, 0.5) is 10.5 Å². The average Bonchev–Trinajstić information content (AvgIpc) is 2.80. The van der Waals surface area contributed by atoms with Gasteiger partial charge in [0.25, 0.3) is 0 Å². The number of benzene rings is 1. The lowest BCUT2D eigenvalue weighted by molar-refractivity contribution is 0.0568. The van der Waals surface area contributed by atoms with Crippen molar-refractivity contribution in [1.29, 1.82) is 0 Å². The molecule has 1 aliphatic heterocycles. The van der Waals surface area contributed by atoms with E-state index < -0.39 is 16.1 Å². The van der Waals surface area contributed by atoms with Crippen LogP contribution in [0.15, 0.2) is 23.1 Å². The number of hydrogen-bond acceptors (Lipinski definition) is 5. The Kier molecular flexibility index (Phi) is 6.05. The summed E-state index contributed by atoms with van der Waals surface area (Å²) in [4.78, 5) is 14.1. The lowest BCUT2D eigenvalue weighted by Gasteiger charge is -2.20. The maximum Gasteiger partial charge on any atom is 0.319 e. The average molecular weight is 377 g/mol. The molecule has 1 fully saturated rings. The highest BCUT2D eigenvalue weighted by molar-refractivity contribution is 7.89. The molecule has 24 heavy (non-hydrogen) atoms. The fraction of sp³-hybridized carbons (Fsp3) is 0.500. The third-order valence-electron chi connectivity index (χ3n) is 3.66. The zero-order chi connectivity index (χ0) is 17.9. The van der Waals surface area contributed by atoms with Crippen molar-refractivity contribution in [1.82, 2.24) is 10.2 Å². The lowest BCUT2D eigenvalue weighted by atomic mass is 10.2. The van der Waals surface area contributed by atoms with Crippen LogP contribution in [-0.2, 0) is 14.8 Å². The van der Waals surface area contributed by atoms with E-state index in [2.05, 4.69) is 15.5 Å². The van der Waals surface area contributed by atoms with Gasteiger partial charge in [-0.1, -0.05) is 11.6 Å². The van der Waals surface area contributed by atoms with Gasteiger partial charge >= 0.3 is 6.03 Å². The molecule has 2 rings (SSSR count). The summed E-state index contributed by atoms with van der Waals surface area (Å²) in [6.07, 6.45) is -0.100. The SMILES string of the molecule is CCO[C@H]1CN(C)C[C@@H]1NC(=O)Nc1cc(S(N)(=O)=O)ccc1Cl. The van der Waals surface area contributed by atoms with E-state index in [-0.39, 0.29) is 27.8 Å². The van der Waals surface area contributed by atoms with Gasteiger partial charge in [-0.25, -0.2) is 18.4 Å². The number of carbonyl (C=O) groups excluding carboxylic acids is 1. The lowest BCUT2D eigenvalue weighted by Crippen LogP contribution is -2.45. The summed E-state index contributed by atoms with van der Waals surface area (Å²) in [6.45, 7) is 3.83. The second-order valence-electron chi connectivity index (χ2n) is 5.61. The Bertz CT molecular complexity index is 713. The number of urea groups is 1. The van der Waals surface area contributed by atoms with Gasteiger partial charge in [0, 0.05) is 19.7 Å². The molecule has 1 aromatic rings. The van der Waals surface area contributed by atoms with Crippen molar-refractivity contribution >= 4 is 33.3 Å². The van der Waals surface area contributed by atoms with Crippen LogP contribution in [0.5, 0.6) is 0 Å². The number of likely N-dealkylation sites (N-methyl/N-ethyl adjacent to an activating group) is 1. The van der Waals surface area contributed by atoms with Crippen molar-refractivity contribution < 1.29 is 17.9 Å². The molecule has 4 N–H and O–H groups in total. The Labute approximate surface area is 146 Å². The van der Waals surface area contributed by atoms with E-state index in [9.17, 15) is 13.2 Å². The molecule has 1 aromatic carbocycles. The first-order chi connectivity index (χ1) is 11.2. The zero-order valence-corrected chi connectivity index (χ0v) is 15.0. The van der Waals surface area contributed by atoms with Gasteiger partial charge in [-0.05, 0) is 32.2 Å². The largest absolute Gasteiger partial charge is 0.375 e. The van der Waals surface area contributed by atoms with Crippen LogP contribution in [0.2, 0.25) is 5.02 Å². The Morgan fingerprint density at radius 2 is 2.17 bits per heavy atom. The van der Waals surface area contributed by atoms with Gasteiger partial charge < -0.3 is 20.3 Å². The smallest absolute Gasteiger partial charge is 0.319 e. The van der Waals surface area contributed by atoms with Crippen LogP contribution in [-0.4, -0.2) is 58.2 Å². The Hall–Kier alpha value is -1.39. The van der Waals surface area contributed by atoms with Crippen molar-refractivity contribution in [3.63, 3.8) is 0 Å². The summed E-state index contributed by atoms with van der Waals surface area (Å²) < 4.78 is 28.4. The van der Waals surface area contributed by atoms with Crippen LogP contribution < -0.4 is 15.8 Å². The molecule has 134 valence electrons. The van der Waals surface area contributed by atoms with Crippen molar-refractivity contribution in [3.8, 4) is 0 Å². The Balaban J connectivity index is 2.07. The molecular formula is C14H21ClN4O4S. The standard InChI is InChI=1S/C14H21ClN4O4S/c1-3-23-13-8-19(2)7-12(13)18-14(20)17-11-6-9(24(16,21)22)4-5-10(11)15/h4-6,12-13H,3,7-8H2,1-2H3,(H2,16,21,22)(H2,17,18,20)/t12-,13-/m0/s1. The van der Waals surface area contributed by atoms with Crippen molar-refractivity contribution in [2.75, 3.05) is 32.1 Å². The second kappa shape index (κ2) is 7.66. The van der Waals surface area contributed by atoms with E-state index in [0.717, 1.165) is 6.54 Å². The molecule has 1 aliphatic rings. The number of halogens is 1. The van der Waals surface area contributed by atoms with Gasteiger partial charge in [-0.15, -0.1) is 0 Å². The van der Waals surface area contributed by atoms with E-state index in [1.165, 1.54) is 18.2 Å². The molecule has 0 saturated carbocycles. The van der Waals surface area contributed by atoms with E-state index >= 15 is 0 Å². The highest BCUT2D eigenvalue weighted by atomic mass is 35.5. The number of nitrogens with one attached hydrogen (secondary N) is 2. The van der Waals surface area contributed by atoms with E-state index in [0.29, 0.717) is 13.2 Å². The van der Waals surface area contributed by atoms with Crippen LogP contribution in [0.1, 0.15) is 6.92 Å². The summed E-state index contributed by atoms with van der Waals surface area (Å²) in [5, 5.41) is 10.7. The molecule has 0 spiro atoms. The van der Waals surface area contributed by atoms with Gasteiger partial charge in [0.05, 0.1) is 27.8 Å². The molecule has 0 radical (unpaired) electrons. The van der Waals surface area contributed by atoms with E-state index in [4.69, 9.17) is 21.5 Å². The molecule has 10 heteroatoms. The molecule has 0 aromatic heterocycles. The summed E-state index contributed by atoms with van der Waals surface area (Å²) in [5.74, 6) is 0. The van der Waals surface area contributed by atoms with Gasteiger partial charge in [0.2, 0.25) is 10.0 Å². The molecular weight excluding hydrogens is 356 g/mol. The quantitative estimate of drug-likeness (QED) is 0.704. The van der Waals surface area contributed by atoms with Crippen molar-refractivity contribution in [2.24, 2.45) is 5.14 Å². The number of rotatable bonds is 5. The number of likely N-dealkylation sites (tertiary alicyclic amines) is 1. The number of primary sulfonamides is 1. The first kappa shape index (κ1) is 18.9. The molecule has 0 bridgehead atoms. The first-order valence-corrected chi connectivity index (χ1v) is 9.33. The van der Waals surface area contributed by atoms with Crippen LogP contribution in [0, 0.1) is 0 Å². The molecule has 1 heterocycles. The van der Waals surface area contributed by atoms with Crippen molar-refractivity contribution in [3.05, 3.63) is 23.2 Å². The molecule has 0 aliphatic carbocycles.